The molecule has 4 rings (SSSR count). The Kier molecular flexibility index (Phi) is 6.98. The molecule has 2 saturated heterocycles. The highest BCUT2D eigenvalue weighted by Gasteiger charge is 2.40. The third-order valence-electron chi connectivity index (χ3n) is 6.80. The van der Waals surface area contributed by atoms with Gasteiger partial charge in [0.1, 0.15) is 6.04 Å². The number of nitrogens with zero attached hydrogens (tertiary/aromatic N) is 2. The number of methoxy groups -OCH3 is 1. The first kappa shape index (κ1) is 23.0. The van der Waals surface area contributed by atoms with E-state index in [0.29, 0.717) is 25.4 Å². The molecular formula is C25H32N2O4S. The lowest BCUT2D eigenvalue weighted by Crippen LogP contribution is -2.40. The average molecular weight is 457 g/mol. The predicted molar refractivity (Wildman–Crippen MR) is 125 cm³/mol. The number of rotatable bonds is 7. The molecule has 0 radical (unpaired) electrons. The SMILES string of the molecule is COC(=O)[C@@H]1CCCN1S(=O)(=O)c1ccc(-c2ccc(CCN3CCC[C@H]3C)cc2)cc1. The second kappa shape index (κ2) is 9.73. The molecule has 0 bridgehead atoms. The van der Waals surface area contributed by atoms with Gasteiger partial charge in [0.05, 0.1) is 12.0 Å². The maximum atomic E-state index is 13.1. The summed E-state index contributed by atoms with van der Waals surface area (Å²) in [5.74, 6) is -0.498. The Morgan fingerprint density at radius 2 is 1.59 bits per heavy atom. The molecule has 2 aromatic rings. The lowest BCUT2D eigenvalue weighted by Gasteiger charge is -2.22. The Balaban J connectivity index is 1.43. The van der Waals surface area contributed by atoms with Gasteiger partial charge in [-0.2, -0.15) is 4.31 Å². The van der Waals surface area contributed by atoms with E-state index < -0.39 is 22.0 Å². The van der Waals surface area contributed by atoms with E-state index in [0.717, 1.165) is 24.1 Å². The van der Waals surface area contributed by atoms with Crippen LogP contribution in [0.25, 0.3) is 11.1 Å². The van der Waals surface area contributed by atoms with E-state index in [1.54, 1.807) is 12.1 Å². The molecule has 2 fully saturated rings. The fraction of sp³-hybridized carbons (Fsp3) is 0.480. The molecule has 7 heteroatoms. The summed E-state index contributed by atoms with van der Waals surface area (Å²) in [6.07, 6.45) is 4.78. The Bertz CT molecular complexity index is 1030. The van der Waals surface area contributed by atoms with Gasteiger partial charge in [-0.3, -0.25) is 4.79 Å². The van der Waals surface area contributed by atoms with Crippen LogP contribution in [0.2, 0.25) is 0 Å². The number of hydrogen-bond acceptors (Lipinski definition) is 5. The van der Waals surface area contributed by atoms with Gasteiger partial charge in [0.15, 0.2) is 0 Å². The molecule has 0 aromatic heterocycles. The zero-order valence-corrected chi connectivity index (χ0v) is 19.7. The number of carbonyl (C=O) groups excluding carboxylic acids is 1. The van der Waals surface area contributed by atoms with Crippen LogP contribution in [0.15, 0.2) is 53.4 Å². The highest BCUT2D eigenvalue weighted by atomic mass is 32.2. The van der Waals surface area contributed by atoms with Crippen LogP contribution >= 0.6 is 0 Å². The van der Waals surface area contributed by atoms with Gasteiger partial charge in [-0.05, 0) is 74.4 Å². The molecule has 0 unspecified atom stereocenters. The summed E-state index contributed by atoms with van der Waals surface area (Å²) in [7, 11) is -2.45. The maximum absolute atomic E-state index is 13.1. The maximum Gasteiger partial charge on any atom is 0.324 e. The quantitative estimate of drug-likeness (QED) is 0.594. The van der Waals surface area contributed by atoms with Crippen LogP contribution in [0.3, 0.4) is 0 Å². The summed E-state index contributed by atoms with van der Waals surface area (Å²) in [6, 6.07) is 15.4. The molecule has 2 aromatic carbocycles. The molecule has 2 aliphatic rings. The third-order valence-corrected chi connectivity index (χ3v) is 8.73. The van der Waals surface area contributed by atoms with Crippen LogP contribution in [0.4, 0.5) is 0 Å². The van der Waals surface area contributed by atoms with Crippen molar-refractivity contribution in [1.82, 2.24) is 9.21 Å². The highest BCUT2D eigenvalue weighted by Crippen LogP contribution is 2.29. The molecule has 0 amide bonds. The van der Waals surface area contributed by atoms with E-state index in [-0.39, 0.29) is 4.90 Å². The summed E-state index contributed by atoms with van der Waals surface area (Å²) in [4.78, 5) is 14.7. The van der Waals surface area contributed by atoms with Crippen molar-refractivity contribution >= 4 is 16.0 Å². The van der Waals surface area contributed by atoms with E-state index in [1.165, 1.54) is 36.4 Å². The van der Waals surface area contributed by atoms with E-state index >= 15 is 0 Å². The minimum absolute atomic E-state index is 0.202. The topological polar surface area (TPSA) is 66.9 Å². The molecule has 0 N–H and O–H groups in total. The number of esters is 1. The largest absolute Gasteiger partial charge is 0.468 e. The van der Waals surface area contributed by atoms with Gasteiger partial charge in [0, 0.05) is 19.1 Å². The Hall–Kier alpha value is -2.22. The van der Waals surface area contributed by atoms with Crippen molar-refractivity contribution in [3.05, 3.63) is 54.1 Å². The monoisotopic (exact) mass is 456 g/mol. The highest BCUT2D eigenvalue weighted by molar-refractivity contribution is 7.89. The van der Waals surface area contributed by atoms with Crippen LogP contribution in [0.5, 0.6) is 0 Å². The van der Waals surface area contributed by atoms with Crippen molar-refractivity contribution in [2.75, 3.05) is 26.7 Å². The summed E-state index contributed by atoms with van der Waals surface area (Å²) >= 11 is 0. The molecule has 2 aliphatic heterocycles. The number of ether oxygens (including phenoxy) is 1. The lowest BCUT2D eigenvalue weighted by atomic mass is 10.0. The van der Waals surface area contributed by atoms with Gasteiger partial charge in [0.25, 0.3) is 0 Å². The number of sulfonamides is 1. The van der Waals surface area contributed by atoms with Crippen LogP contribution in [-0.2, 0) is 26.0 Å². The third kappa shape index (κ3) is 4.75. The molecule has 172 valence electrons. The number of benzene rings is 2. The van der Waals surface area contributed by atoms with E-state index in [1.807, 2.05) is 12.1 Å². The lowest BCUT2D eigenvalue weighted by molar-refractivity contribution is -0.144. The van der Waals surface area contributed by atoms with Gasteiger partial charge < -0.3 is 9.64 Å². The molecule has 2 atom stereocenters. The first-order valence-corrected chi connectivity index (χ1v) is 12.9. The van der Waals surface area contributed by atoms with Crippen LogP contribution in [0.1, 0.15) is 38.2 Å². The smallest absolute Gasteiger partial charge is 0.324 e. The number of carbonyl (C=O) groups is 1. The molecule has 6 nitrogen and oxygen atoms in total. The zero-order valence-electron chi connectivity index (χ0n) is 18.9. The summed E-state index contributed by atoms with van der Waals surface area (Å²) in [6.45, 7) is 4.93. The van der Waals surface area contributed by atoms with Crippen molar-refractivity contribution in [3.8, 4) is 11.1 Å². The number of likely N-dealkylation sites (tertiary alicyclic amines) is 1. The van der Waals surface area contributed by atoms with Crippen molar-refractivity contribution < 1.29 is 17.9 Å². The summed E-state index contributed by atoms with van der Waals surface area (Å²) in [5, 5.41) is 0. The normalized spacial score (nSPS) is 22.3. The second-order valence-corrected chi connectivity index (χ2v) is 10.7. The summed E-state index contributed by atoms with van der Waals surface area (Å²) < 4.78 is 32.2. The molecule has 2 heterocycles. The second-order valence-electron chi connectivity index (χ2n) is 8.80. The van der Waals surface area contributed by atoms with Gasteiger partial charge in [0.2, 0.25) is 10.0 Å². The Labute approximate surface area is 191 Å². The molecule has 32 heavy (non-hydrogen) atoms. The van der Waals surface area contributed by atoms with E-state index in [4.69, 9.17) is 4.74 Å². The fourth-order valence-corrected chi connectivity index (χ4v) is 6.46. The predicted octanol–water partition coefficient (Wildman–Crippen LogP) is 3.71. The average Bonchev–Trinajstić information content (AvgIpc) is 3.47. The van der Waals surface area contributed by atoms with Crippen LogP contribution < -0.4 is 0 Å². The van der Waals surface area contributed by atoms with E-state index in [2.05, 4.69) is 36.1 Å². The first-order chi connectivity index (χ1) is 15.4. The Morgan fingerprint density at radius 3 is 2.19 bits per heavy atom. The Morgan fingerprint density at radius 1 is 0.969 bits per heavy atom. The van der Waals surface area contributed by atoms with Gasteiger partial charge in [-0.1, -0.05) is 36.4 Å². The fourth-order valence-electron chi connectivity index (χ4n) is 4.82. The minimum Gasteiger partial charge on any atom is -0.468 e. The summed E-state index contributed by atoms with van der Waals surface area (Å²) in [5.41, 5.74) is 3.34. The first-order valence-electron chi connectivity index (χ1n) is 11.4. The minimum atomic E-state index is -3.74. The van der Waals surface area contributed by atoms with Crippen LogP contribution in [0, 0.1) is 0 Å². The molecular weight excluding hydrogens is 424 g/mol. The number of hydrogen-bond donors (Lipinski definition) is 0. The van der Waals surface area contributed by atoms with Crippen molar-refractivity contribution in [2.24, 2.45) is 0 Å². The molecule has 0 spiro atoms. The van der Waals surface area contributed by atoms with Gasteiger partial charge in [-0.25, -0.2) is 8.42 Å². The van der Waals surface area contributed by atoms with Gasteiger partial charge in [-0.15, -0.1) is 0 Å². The van der Waals surface area contributed by atoms with Gasteiger partial charge >= 0.3 is 5.97 Å². The van der Waals surface area contributed by atoms with E-state index in [9.17, 15) is 13.2 Å². The molecule has 0 saturated carbocycles. The zero-order chi connectivity index (χ0) is 22.7. The van der Waals surface area contributed by atoms with Crippen molar-refractivity contribution in [3.63, 3.8) is 0 Å². The molecule has 0 aliphatic carbocycles. The van der Waals surface area contributed by atoms with Crippen molar-refractivity contribution in [1.29, 1.82) is 0 Å². The standard InChI is InChI=1S/C25H32N2O4S/c1-19-5-3-16-26(19)18-15-20-7-9-21(10-8-20)22-11-13-23(14-12-22)32(29,30)27-17-4-6-24(27)25(28)31-2/h7-14,19,24H,3-6,15-18H2,1-2H3/t19-,24+/m1/s1. The van der Waals surface area contributed by atoms with Crippen molar-refractivity contribution in [2.45, 2.75) is 56.0 Å². The van der Waals surface area contributed by atoms with Crippen LogP contribution in [-0.4, -0.2) is 62.4 Å².